The summed E-state index contributed by atoms with van der Waals surface area (Å²) in [5.41, 5.74) is 2.27. The number of aromatic hydroxyl groups is 1. The predicted molar refractivity (Wildman–Crippen MR) is 58.7 cm³/mol. The van der Waals surface area contributed by atoms with Gasteiger partial charge in [0.2, 0.25) is 0 Å². The van der Waals surface area contributed by atoms with Crippen LogP contribution in [0.25, 0.3) is 0 Å². The topological polar surface area (TPSA) is 32.3 Å². The zero-order valence-corrected chi connectivity index (χ0v) is 8.75. The van der Waals surface area contributed by atoms with Crippen molar-refractivity contribution < 1.29 is 5.11 Å². The SMILES string of the molecule is Cc1cc(O)ccc1NC1CC(C)C1. The molecule has 0 aliphatic heterocycles. The van der Waals surface area contributed by atoms with Crippen molar-refractivity contribution in [2.45, 2.75) is 32.7 Å². The molecule has 0 spiro atoms. The van der Waals surface area contributed by atoms with Crippen LogP contribution in [-0.2, 0) is 0 Å². The molecule has 0 radical (unpaired) electrons. The van der Waals surface area contributed by atoms with Gasteiger partial charge in [0, 0.05) is 11.7 Å². The lowest BCUT2D eigenvalue weighted by molar-refractivity contribution is 0.309. The van der Waals surface area contributed by atoms with E-state index < -0.39 is 0 Å². The second kappa shape index (κ2) is 3.52. The van der Waals surface area contributed by atoms with E-state index in [1.807, 2.05) is 13.0 Å². The standard InChI is InChI=1S/C12H17NO/c1-8-5-10(6-8)13-12-4-3-11(14)7-9(12)2/h3-4,7-8,10,13-14H,5-6H2,1-2H3. The Kier molecular flexibility index (Phi) is 2.36. The van der Waals surface area contributed by atoms with Crippen LogP contribution in [0.2, 0.25) is 0 Å². The molecule has 2 rings (SSSR count). The van der Waals surface area contributed by atoms with E-state index in [1.54, 1.807) is 12.1 Å². The first-order chi connectivity index (χ1) is 6.65. The normalized spacial score (nSPS) is 25.6. The highest BCUT2D eigenvalue weighted by Gasteiger charge is 2.25. The number of aryl methyl sites for hydroxylation is 1. The van der Waals surface area contributed by atoms with Crippen LogP contribution in [0, 0.1) is 12.8 Å². The molecule has 14 heavy (non-hydrogen) atoms. The Morgan fingerprint density at radius 2 is 2.07 bits per heavy atom. The molecule has 1 aromatic carbocycles. The molecule has 0 saturated heterocycles. The fourth-order valence-corrected chi connectivity index (χ4v) is 2.05. The Morgan fingerprint density at radius 1 is 1.36 bits per heavy atom. The highest BCUT2D eigenvalue weighted by molar-refractivity contribution is 5.54. The number of anilines is 1. The summed E-state index contributed by atoms with van der Waals surface area (Å²) in [7, 11) is 0. The molecule has 2 N–H and O–H groups in total. The number of hydrogen-bond donors (Lipinski definition) is 2. The molecule has 0 heterocycles. The van der Waals surface area contributed by atoms with Crippen molar-refractivity contribution >= 4 is 5.69 Å². The molecule has 0 unspecified atom stereocenters. The minimum absolute atomic E-state index is 0.343. The summed E-state index contributed by atoms with van der Waals surface area (Å²) < 4.78 is 0. The fraction of sp³-hybridized carbons (Fsp3) is 0.500. The average Bonchev–Trinajstić information content (AvgIpc) is 2.06. The molecule has 76 valence electrons. The van der Waals surface area contributed by atoms with Gasteiger partial charge in [-0.1, -0.05) is 6.92 Å². The summed E-state index contributed by atoms with van der Waals surface area (Å²) in [4.78, 5) is 0. The molecule has 2 heteroatoms. The zero-order chi connectivity index (χ0) is 10.1. The van der Waals surface area contributed by atoms with Crippen molar-refractivity contribution in [3.05, 3.63) is 23.8 Å². The first-order valence-corrected chi connectivity index (χ1v) is 5.21. The maximum atomic E-state index is 9.26. The van der Waals surface area contributed by atoms with E-state index in [0.717, 1.165) is 17.2 Å². The number of hydrogen-bond acceptors (Lipinski definition) is 2. The van der Waals surface area contributed by atoms with Crippen molar-refractivity contribution in [3.63, 3.8) is 0 Å². The molecule has 1 aliphatic rings. The summed E-state index contributed by atoms with van der Waals surface area (Å²) in [6.07, 6.45) is 2.53. The van der Waals surface area contributed by atoms with Gasteiger partial charge < -0.3 is 10.4 Å². The van der Waals surface area contributed by atoms with Crippen LogP contribution in [0.15, 0.2) is 18.2 Å². The summed E-state index contributed by atoms with van der Waals surface area (Å²) >= 11 is 0. The van der Waals surface area contributed by atoms with Crippen molar-refractivity contribution in [1.29, 1.82) is 0 Å². The van der Waals surface area contributed by atoms with E-state index >= 15 is 0 Å². The van der Waals surface area contributed by atoms with Crippen LogP contribution in [-0.4, -0.2) is 11.1 Å². The summed E-state index contributed by atoms with van der Waals surface area (Å²) in [6.45, 7) is 4.30. The Labute approximate surface area is 85.0 Å². The lowest BCUT2D eigenvalue weighted by Crippen LogP contribution is -2.33. The quantitative estimate of drug-likeness (QED) is 0.704. The third kappa shape index (κ3) is 1.84. The largest absolute Gasteiger partial charge is 0.508 e. The molecular formula is C12H17NO. The van der Waals surface area contributed by atoms with Crippen LogP contribution < -0.4 is 5.32 Å². The van der Waals surface area contributed by atoms with Gasteiger partial charge >= 0.3 is 0 Å². The molecule has 0 aromatic heterocycles. The van der Waals surface area contributed by atoms with Gasteiger partial charge in [0.05, 0.1) is 0 Å². The van der Waals surface area contributed by atoms with E-state index in [2.05, 4.69) is 12.2 Å². The van der Waals surface area contributed by atoms with Gasteiger partial charge in [-0.05, 0) is 49.4 Å². The number of rotatable bonds is 2. The summed E-state index contributed by atoms with van der Waals surface area (Å²) in [5, 5.41) is 12.8. The van der Waals surface area contributed by atoms with Crippen LogP contribution in [0.3, 0.4) is 0 Å². The van der Waals surface area contributed by atoms with Crippen LogP contribution in [0.1, 0.15) is 25.3 Å². The molecule has 0 amide bonds. The van der Waals surface area contributed by atoms with Crippen molar-refractivity contribution in [1.82, 2.24) is 0 Å². The number of nitrogens with one attached hydrogen (secondary N) is 1. The molecule has 1 aromatic rings. The van der Waals surface area contributed by atoms with Gasteiger partial charge in [-0.25, -0.2) is 0 Å². The average molecular weight is 191 g/mol. The molecule has 1 saturated carbocycles. The lowest BCUT2D eigenvalue weighted by atomic mass is 9.81. The Bertz CT molecular complexity index is 329. The van der Waals surface area contributed by atoms with Crippen molar-refractivity contribution in [3.8, 4) is 5.75 Å². The lowest BCUT2D eigenvalue weighted by Gasteiger charge is -2.34. The van der Waals surface area contributed by atoms with E-state index in [1.165, 1.54) is 12.8 Å². The van der Waals surface area contributed by atoms with E-state index in [-0.39, 0.29) is 0 Å². The summed E-state index contributed by atoms with van der Waals surface area (Å²) in [5.74, 6) is 1.21. The smallest absolute Gasteiger partial charge is 0.115 e. The number of phenolic OH excluding ortho intramolecular Hbond substituents is 1. The Morgan fingerprint density at radius 3 is 2.64 bits per heavy atom. The minimum Gasteiger partial charge on any atom is -0.508 e. The minimum atomic E-state index is 0.343. The predicted octanol–water partition coefficient (Wildman–Crippen LogP) is 2.91. The third-order valence-electron chi connectivity index (χ3n) is 2.94. The zero-order valence-electron chi connectivity index (χ0n) is 8.75. The number of phenols is 1. The van der Waals surface area contributed by atoms with Gasteiger partial charge in [-0.15, -0.1) is 0 Å². The van der Waals surface area contributed by atoms with Crippen molar-refractivity contribution in [2.24, 2.45) is 5.92 Å². The summed E-state index contributed by atoms with van der Waals surface area (Å²) in [6, 6.07) is 6.11. The van der Waals surface area contributed by atoms with E-state index in [0.29, 0.717) is 11.8 Å². The second-order valence-corrected chi connectivity index (χ2v) is 4.42. The fourth-order valence-electron chi connectivity index (χ4n) is 2.05. The van der Waals surface area contributed by atoms with Crippen molar-refractivity contribution in [2.75, 3.05) is 5.32 Å². The highest BCUT2D eigenvalue weighted by Crippen LogP contribution is 2.31. The van der Waals surface area contributed by atoms with Gasteiger partial charge in [0.1, 0.15) is 5.75 Å². The maximum absolute atomic E-state index is 9.26. The molecule has 0 bridgehead atoms. The molecule has 1 fully saturated rings. The molecule has 2 nitrogen and oxygen atoms in total. The van der Waals surface area contributed by atoms with Crippen LogP contribution in [0.5, 0.6) is 5.75 Å². The molecule has 0 atom stereocenters. The highest BCUT2D eigenvalue weighted by atomic mass is 16.3. The van der Waals surface area contributed by atoms with E-state index in [9.17, 15) is 5.11 Å². The first kappa shape index (κ1) is 9.38. The molecular weight excluding hydrogens is 174 g/mol. The third-order valence-corrected chi connectivity index (χ3v) is 2.94. The van der Waals surface area contributed by atoms with Gasteiger partial charge in [-0.3, -0.25) is 0 Å². The maximum Gasteiger partial charge on any atom is 0.115 e. The first-order valence-electron chi connectivity index (χ1n) is 5.21. The van der Waals surface area contributed by atoms with Gasteiger partial charge in [0.15, 0.2) is 0 Å². The van der Waals surface area contributed by atoms with Crippen LogP contribution in [0.4, 0.5) is 5.69 Å². The van der Waals surface area contributed by atoms with Gasteiger partial charge in [-0.2, -0.15) is 0 Å². The number of benzene rings is 1. The Balaban J connectivity index is 2.02. The Hall–Kier alpha value is -1.18. The second-order valence-electron chi connectivity index (χ2n) is 4.42. The monoisotopic (exact) mass is 191 g/mol. The van der Waals surface area contributed by atoms with E-state index in [4.69, 9.17) is 0 Å². The molecule has 1 aliphatic carbocycles. The van der Waals surface area contributed by atoms with Crippen LogP contribution >= 0.6 is 0 Å². The van der Waals surface area contributed by atoms with Gasteiger partial charge in [0.25, 0.3) is 0 Å².